The number of ether oxygens (including phenoxy) is 1. The molecule has 0 saturated heterocycles. The highest BCUT2D eigenvalue weighted by Gasteiger charge is 2.27. The van der Waals surface area contributed by atoms with Crippen LogP contribution in [0.25, 0.3) is 0 Å². The van der Waals surface area contributed by atoms with Crippen molar-refractivity contribution >= 4 is 40.1 Å². The molecule has 0 saturated carbocycles. The second kappa shape index (κ2) is 12.7. The van der Waals surface area contributed by atoms with Crippen molar-refractivity contribution in [2.45, 2.75) is 71.1 Å². The molecule has 0 unspecified atom stereocenters. The number of rotatable bonds is 12. The first kappa shape index (κ1) is 23.5. The maximum Gasteiger partial charge on any atom is 0.344 e. The third-order valence-corrected chi connectivity index (χ3v) is 5.94. The first-order valence-corrected chi connectivity index (χ1v) is 11.6. The monoisotopic (exact) mass is 508 g/mol. The lowest BCUT2D eigenvalue weighted by molar-refractivity contribution is -0.117. The Hall–Kier alpha value is -1.76. The Labute approximate surface area is 186 Å². The molecule has 0 bridgehead atoms. The van der Waals surface area contributed by atoms with Crippen molar-refractivity contribution in [3.63, 3.8) is 0 Å². The number of allylic oxidation sites excluding steroid dienone is 3. The van der Waals surface area contributed by atoms with E-state index in [4.69, 9.17) is 4.74 Å². The first-order valence-electron chi connectivity index (χ1n) is 10.5. The van der Waals surface area contributed by atoms with E-state index >= 15 is 0 Å². The van der Waals surface area contributed by atoms with Gasteiger partial charge < -0.3 is 4.74 Å². The highest BCUT2D eigenvalue weighted by molar-refractivity contribution is 14.1. The lowest BCUT2D eigenvalue weighted by atomic mass is 9.95. The van der Waals surface area contributed by atoms with E-state index in [9.17, 15) is 14.4 Å². The summed E-state index contributed by atoms with van der Waals surface area (Å²) in [6.07, 6.45) is 13.4. The van der Waals surface area contributed by atoms with Crippen LogP contribution < -0.4 is 0 Å². The van der Waals surface area contributed by atoms with Crippen LogP contribution in [0, 0.1) is 3.57 Å². The van der Waals surface area contributed by atoms with E-state index in [1.807, 2.05) is 28.7 Å². The van der Waals surface area contributed by atoms with Crippen LogP contribution in [0.1, 0.15) is 81.5 Å². The Morgan fingerprint density at radius 1 is 0.862 bits per heavy atom. The van der Waals surface area contributed by atoms with E-state index < -0.39 is 11.8 Å². The molecule has 0 radical (unpaired) electrons. The van der Waals surface area contributed by atoms with E-state index in [2.05, 4.69) is 6.92 Å². The van der Waals surface area contributed by atoms with Crippen molar-refractivity contribution in [2.24, 2.45) is 0 Å². The van der Waals surface area contributed by atoms with Gasteiger partial charge in [-0.3, -0.25) is 9.59 Å². The van der Waals surface area contributed by atoms with Crippen molar-refractivity contribution in [2.75, 3.05) is 0 Å². The molecule has 1 aliphatic carbocycles. The quantitative estimate of drug-likeness (QED) is 0.143. The highest BCUT2D eigenvalue weighted by Crippen LogP contribution is 2.24. The van der Waals surface area contributed by atoms with Crippen molar-refractivity contribution in [1.29, 1.82) is 0 Å². The van der Waals surface area contributed by atoms with Gasteiger partial charge in [-0.1, -0.05) is 70.4 Å². The molecule has 0 atom stereocenters. The van der Waals surface area contributed by atoms with Gasteiger partial charge >= 0.3 is 5.97 Å². The average molecular weight is 508 g/mol. The third kappa shape index (κ3) is 7.53. The van der Waals surface area contributed by atoms with Crippen LogP contribution in [0.15, 0.2) is 47.7 Å². The molecule has 0 aliphatic heterocycles. The van der Waals surface area contributed by atoms with Crippen molar-refractivity contribution in [1.82, 2.24) is 0 Å². The van der Waals surface area contributed by atoms with E-state index in [0.717, 1.165) is 22.8 Å². The Morgan fingerprint density at radius 3 is 2.10 bits per heavy atom. The fourth-order valence-electron chi connectivity index (χ4n) is 3.32. The molecule has 5 heteroatoms. The van der Waals surface area contributed by atoms with E-state index in [-0.39, 0.29) is 11.5 Å². The molecule has 2 rings (SSSR count). The summed E-state index contributed by atoms with van der Waals surface area (Å²) in [5.41, 5.74) is 0.706. The third-order valence-electron chi connectivity index (χ3n) is 5.00. The van der Waals surface area contributed by atoms with Gasteiger partial charge in [0.15, 0.2) is 11.5 Å². The fraction of sp³-hybridized carbons (Fsp3) is 0.458. The maximum atomic E-state index is 12.5. The molecule has 1 aromatic rings. The SMILES string of the molecule is CCCCCCCCCCCC1=C(OC(=O)c2ccccc2I)C(=O)C=CC1=O. The first-order chi connectivity index (χ1) is 14.0. The van der Waals surface area contributed by atoms with Gasteiger partial charge in [-0.15, -0.1) is 0 Å². The van der Waals surface area contributed by atoms with Crippen molar-refractivity contribution < 1.29 is 19.1 Å². The maximum absolute atomic E-state index is 12.5. The van der Waals surface area contributed by atoms with E-state index in [1.165, 1.54) is 50.7 Å². The molecule has 1 aliphatic rings. The molecule has 0 aromatic heterocycles. The summed E-state index contributed by atoms with van der Waals surface area (Å²) < 4.78 is 6.14. The lowest BCUT2D eigenvalue weighted by Crippen LogP contribution is -2.20. The zero-order valence-corrected chi connectivity index (χ0v) is 19.2. The molecular weight excluding hydrogens is 479 g/mol. The largest absolute Gasteiger partial charge is 0.418 e. The van der Waals surface area contributed by atoms with Crippen LogP contribution in [-0.2, 0) is 14.3 Å². The molecule has 29 heavy (non-hydrogen) atoms. The summed E-state index contributed by atoms with van der Waals surface area (Å²) in [6.45, 7) is 2.22. The molecule has 4 nitrogen and oxygen atoms in total. The summed E-state index contributed by atoms with van der Waals surface area (Å²) in [7, 11) is 0. The summed E-state index contributed by atoms with van der Waals surface area (Å²) in [6, 6.07) is 7.01. The zero-order chi connectivity index (χ0) is 21.1. The van der Waals surface area contributed by atoms with Gasteiger partial charge in [-0.2, -0.15) is 0 Å². The highest BCUT2D eigenvalue weighted by atomic mass is 127. The molecule has 0 N–H and O–H groups in total. The molecule has 0 fully saturated rings. The number of hydrogen-bond donors (Lipinski definition) is 0. The van der Waals surface area contributed by atoms with Crippen LogP contribution in [-0.4, -0.2) is 17.5 Å². The number of esters is 1. The number of carbonyl (C=O) groups excluding carboxylic acids is 3. The number of unbranched alkanes of at least 4 members (excludes halogenated alkanes) is 8. The fourth-order valence-corrected chi connectivity index (χ4v) is 3.93. The van der Waals surface area contributed by atoms with Crippen molar-refractivity contribution in [3.8, 4) is 0 Å². The Bertz CT molecular complexity index is 792. The van der Waals surface area contributed by atoms with Gasteiger partial charge in [0.05, 0.1) is 5.56 Å². The predicted molar refractivity (Wildman–Crippen MR) is 123 cm³/mol. The summed E-state index contributed by atoms with van der Waals surface area (Å²) in [5.74, 6) is -1.38. The number of ketones is 2. The number of carbonyl (C=O) groups is 3. The van der Waals surface area contributed by atoms with Crippen LogP contribution >= 0.6 is 22.6 Å². The van der Waals surface area contributed by atoms with Gasteiger partial charge in [0.2, 0.25) is 5.78 Å². The van der Waals surface area contributed by atoms with E-state index in [0.29, 0.717) is 17.6 Å². The number of halogens is 1. The van der Waals surface area contributed by atoms with E-state index in [1.54, 1.807) is 18.2 Å². The Kier molecular flexibility index (Phi) is 10.3. The molecule has 0 spiro atoms. The molecular formula is C24H29IO4. The van der Waals surface area contributed by atoms with Gasteiger partial charge in [-0.05, 0) is 59.7 Å². The molecule has 156 valence electrons. The summed E-state index contributed by atoms with van der Waals surface area (Å²) >= 11 is 2.05. The Morgan fingerprint density at radius 2 is 1.45 bits per heavy atom. The smallest absolute Gasteiger partial charge is 0.344 e. The lowest BCUT2D eigenvalue weighted by Gasteiger charge is -2.15. The van der Waals surface area contributed by atoms with Crippen LogP contribution in [0.5, 0.6) is 0 Å². The zero-order valence-electron chi connectivity index (χ0n) is 17.0. The summed E-state index contributed by atoms with van der Waals surface area (Å²) in [5, 5.41) is 0. The molecule has 0 amide bonds. The molecule has 1 aromatic carbocycles. The Balaban J connectivity index is 1.91. The topological polar surface area (TPSA) is 60.4 Å². The standard InChI is InChI=1S/C24H29IO4/c1-2-3-4-5-6-7-8-9-10-14-19-21(26)16-17-22(27)23(19)29-24(28)18-13-11-12-15-20(18)25/h11-13,15-17H,2-10,14H2,1H3. The van der Waals surface area contributed by atoms with Crippen LogP contribution in [0.3, 0.4) is 0 Å². The second-order valence-electron chi connectivity index (χ2n) is 7.32. The minimum absolute atomic E-state index is 0.110. The predicted octanol–water partition coefficient (Wildman–Crippen LogP) is 6.33. The minimum atomic E-state index is -0.606. The minimum Gasteiger partial charge on any atom is -0.418 e. The van der Waals surface area contributed by atoms with Crippen LogP contribution in [0.2, 0.25) is 0 Å². The van der Waals surface area contributed by atoms with Gasteiger partial charge in [0, 0.05) is 9.14 Å². The number of hydrogen-bond acceptors (Lipinski definition) is 4. The second-order valence-corrected chi connectivity index (χ2v) is 8.48. The normalized spacial score (nSPS) is 13.9. The number of benzene rings is 1. The summed E-state index contributed by atoms with van der Waals surface area (Å²) in [4.78, 5) is 37.1. The van der Waals surface area contributed by atoms with Crippen molar-refractivity contribution in [3.05, 3.63) is 56.9 Å². The van der Waals surface area contributed by atoms with Crippen LogP contribution in [0.4, 0.5) is 0 Å². The van der Waals surface area contributed by atoms with Gasteiger partial charge in [-0.25, -0.2) is 4.79 Å². The van der Waals surface area contributed by atoms with Gasteiger partial charge in [0.1, 0.15) is 0 Å². The van der Waals surface area contributed by atoms with Gasteiger partial charge in [0.25, 0.3) is 0 Å². The molecule has 0 heterocycles. The average Bonchev–Trinajstić information content (AvgIpc) is 2.71.